The van der Waals surface area contributed by atoms with Crippen LogP contribution in [0.5, 0.6) is 11.8 Å². The van der Waals surface area contributed by atoms with E-state index in [-0.39, 0.29) is 5.78 Å². The number of rotatable bonds is 7. The highest BCUT2D eigenvalue weighted by Gasteiger charge is 2.07. The van der Waals surface area contributed by atoms with Gasteiger partial charge in [-0.25, -0.2) is 0 Å². The Balaban J connectivity index is 0.000000205. The third-order valence-corrected chi connectivity index (χ3v) is 6.25. The summed E-state index contributed by atoms with van der Waals surface area (Å²) in [5.74, 6) is 2.82. The van der Waals surface area contributed by atoms with Gasteiger partial charge in [-0.1, -0.05) is 66.7 Å². The van der Waals surface area contributed by atoms with E-state index >= 15 is 0 Å². The highest BCUT2D eigenvalue weighted by atomic mass is 16.5. The maximum atomic E-state index is 11.3. The fourth-order valence-electron chi connectivity index (χ4n) is 3.62. The van der Waals surface area contributed by atoms with Gasteiger partial charge in [0, 0.05) is 48.1 Å². The number of nitrogens with zero attached hydrogens (tertiary/aromatic N) is 3. The lowest BCUT2D eigenvalue weighted by molar-refractivity contribution is 0.0987. The molecule has 0 saturated carbocycles. The van der Waals surface area contributed by atoms with Crippen LogP contribution in [0.25, 0.3) is 10.9 Å². The van der Waals surface area contributed by atoms with E-state index in [4.69, 9.17) is 9.47 Å². The van der Waals surface area contributed by atoms with Crippen LogP contribution in [0.15, 0.2) is 67.1 Å². The molecule has 0 aliphatic carbocycles. The predicted molar refractivity (Wildman–Crippen MR) is 160 cm³/mol. The first-order chi connectivity index (χ1) is 18.6. The Labute approximate surface area is 233 Å². The zero-order valence-electron chi connectivity index (χ0n) is 24.9. The molecule has 208 valence electrons. The molecular formula is C33H43N3O3. The zero-order valence-corrected chi connectivity index (χ0v) is 24.9. The van der Waals surface area contributed by atoms with Crippen molar-refractivity contribution in [3.63, 3.8) is 0 Å². The molecule has 0 unspecified atom stereocenters. The van der Waals surface area contributed by atoms with Crippen LogP contribution in [0.1, 0.15) is 99.7 Å². The van der Waals surface area contributed by atoms with Gasteiger partial charge in [0.1, 0.15) is 0 Å². The van der Waals surface area contributed by atoms with Crippen molar-refractivity contribution >= 4 is 16.7 Å². The molecule has 0 atom stereocenters. The summed E-state index contributed by atoms with van der Waals surface area (Å²) in [4.78, 5) is 23.8. The van der Waals surface area contributed by atoms with E-state index in [9.17, 15) is 4.79 Å². The van der Waals surface area contributed by atoms with Gasteiger partial charge in [0.25, 0.3) is 0 Å². The summed E-state index contributed by atoms with van der Waals surface area (Å²) < 4.78 is 10.1. The summed E-state index contributed by atoms with van der Waals surface area (Å²) in [6.45, 7) is 14.7. The Hall–Kier alpha value is -3.80. The van der Waals surface area contributed by atoms with Crippen LogP contribution in [0, 0.1) is 0 Å². The molecule has 0 spiro atoms. The van der Waals surface area contributed by atoms with Gasteiger partial charge in [0.2, 0.25) is 11.8 Å². The summed E-state index contributed by atoms with van der Waals surface area (Å²) in [5, 5.41) is 1.21. The number of aromatic nitrogens is 3. The van der Waals surface area contributed by atoms with Gasteiger partial charge in [-0.2, -0.15) is 4.98 Å². The van der Waals surface area contributed by atoms with E-state index in [1.54, 1.807) is 20.4 Å². The highest BCUT2D eigenvalue weighted by molar-refractivity contribution is 5.95. The number of carbonyl (C=O) groups is 1. The van der Waals surface area contributed by atoms with Gasteiger partial charge >= 0.3 is 0 Å². The fourth-order valence-corrected chi connectivity index (χ4v) is 3.62. The minimum atomic E-state index is 0.162. The molecule has 3 heterocycles. The zero-order chi connectivity index (χ0) is 28.9. The molecule has 4 rings (SSSR count). The lowest BCUT2D eigenvalue weighted by atomic mass is 10.0. The Kier molecular flexibility index (Phi) is 12.5. The van der Waals surface area contributed by atoms with E-state index in [1.807, 2.05) is 43.6 Å². The molecule has 4 aromatic rings. The standard InChI is InChI=1S/C12H13N.C11H15NO.C10H15NO2/c1-9(2)11-6-5-10-4-3-7-13-12(10)8-11;1-4-11(13)10-5-9(8(2)3)6-12-7-10;1-7(2)8-5-9(12-3)11-10(6-8)13-4/h3-9H,1-2H3;5-8H,4H2,1-3H3;5-7H,1-4H3. The number of pyridine rings is 3. The Morgan fingerprint density at radius 2 is 1.38 bits per heavy atom. The van der Waals surface area contributed by atoms with E-state index in [1.165, 1.54) is 16.5 Å². The van der Waals surface area contributed by atoms with Crippen LogP contribution in [-0.2, 0) is 0 Å². The second-order valence-corrected chi connectivity index (χ2v) is 10.2. The van der Waals surface area contributed by atoms with Crippen LogP contribution in [0.2, 0.25) is 0 Å². The molecule has 0 aliphatic heterocycles. The summed E-state index contributed by atoms with van der Waals surface area (Å²) >= 11 is 0. The van der Waals surface area contributed by atoms with Gasteiger partial charge in [-0.15, -0.1) is 0 Å². The van der Waals surface area contributed by atoms with Crippen LogP contribution in [0.4, 0.5) is 0 Å². The lowest BCUT2D eigenvalue weighted by Crippen LogP contribution is -1.99. The molecule has 39 heavy (non-hydrogen) atoms. The Morgan fingerprint density at radius 3 is 1.92 bits per heavy atom. The molecule has 0 aliphatic rings. The number of hydrogen-bond acceptors (Lipinski definition) is 6. The van der Waals surface area contributed by atoms with Crippen molar-refractivity contribution in [2.24, 2.45) is 0 Å². The highest BCUT2D eigenvalue weighted by Crippen LogP contribution is 2.23. The molecule has 0 fully saturated rings. The molecule has 0 N–H and O–H groups in total. The van der Waals surface area contributed by atoms with Gasteiger partial charge in [0.15, 0.2) is 5.78 Å². The second-order valence-electron chi connectivity index (χ2n) is 10.2. The van der Waals surface area contributed by atoms with Gasteiger partial charge < -0.3 is 9.47 Å². The molecule has 0 saturated heterocycles. The number of ether oxygens (including phenoxy) is 2. The van der Waals surface area contributed by atoms with Gasteiger partial charge in [0.05, 0.1) is 19.7 Å². The smallest absolute Gasteiger partial charge is 0.216 e. The summed E-state index contributed by atoms with van der Waals surface area (Å²) in [5.41, 5.74) is 5.47. The monoisotopic (exact) mass is 529 g/mol. The molecule has 0 radical (unpaired) electrons. The van der Waals surface area contributed by atoms with Gasteiger partial charge in [-0.3, -0.25) is 14.8 Å². The Morgan fingerprint density at radius 1 is 0.769 bits per heavy atom. The van der Waals surface area contributed by atoms with E-state index in [0.29, 0.717) is 35.9 Å². The van der Waals surface area contributed by atoms with Crippen LogP contribution in [-0.4, -0.2) is 35.0 Å². The van der Waals surface area contributed by atoms with E-state index in [2.05, 4.69) is 80.8 Å². The number of benzene rings is 1. The number of ketones is 1. The third-order valence-electron chi connectivity index (χ3n) is 6.25. The number of methoxy groups -OCH3 is 2. The van der Waals surface area contributed by atoms with Crippen molar-refractivity contribution in [2.45, 2.75) is 72.6 Å². The topological polar surface area (TPSA) is 74.2 Å². The van der Waals surface area contributed by atoms with Crippen molar-refractivity contribution in [3.8, 4) is 11.8 Å². The number of Topliss-reactive ketones (excluding diaryl/α,β-unsaturated/α-hetero) is 1. The van der Waals surface area contributed by atoms with Crippen LogP contribution >= 0.6 is 0 Å². The first-order valence-corrected chi connectivity index (χ1v) is 13.5. The minimum Gasteiger partial charge on any atom is -0.481 e. The fraction of sp³-hybridized carbons (Fsp3) is 0.394. The van der Waals surface area contributed by atoms with E-state index < -0.39 is 0 Å². The maximum absolute atomic E-state index is 11.3. The van der Waals surface area contributed by atoms with Crippen LogP contribution < -0.4 is 9.47 Å². The summed E-state index contributed by atoms with van der Waals surface area (Å²) in [6.07, 6.45) is 5.84. The average molecular weight is 530 g/mol. The Bertz CT molecular complexity index is 1310. The van der Waals surface area contributed by atoms with Crippen molar-refractivity contribution < 1.29 is 14.3 Å². The number of fused-ring (bicyclic) bond motifs is 1. The molecule has 6 nitrogen and oxygen atoms in total. The van der Waals surface area contributed by atoms with Gasteiger partial charge in [-0.05, 0) is 52.6 Å². The normalized spacial score (nSPS) is 10.6. The largest absolute Gasteiger partial charge is 0.481 e. The van der Waals surface area contributed by atoms with Crippen molar-refractivity contribution in [2.75, 3.05) is 14.2 Å². The average Bonchev–Trinajstić information content (AvgIpc) is 2.96. The molecule has 0 amide bonds. The summed E-state index contributed by atoms with van der Waals surface area (Å²) in [6, 6.07) is 16.3. The molecule has 0 bridgehead atoms. The maximum Gasteiger partial charge on any atom is 0.216 e. The minimum absolute atomic E-state index is 0.162. The lowest BCUT2D eigenvalue weighted by Gasteiger charge is -2.09. The third kappa shape index (κ3) is 9.78. The van der Waals surface area contributed by atoms with Crippen LogP contribution in [0.3, 0.4) is 0 Å². The predicted octanol–water partition coefficient (Wildman–Crippen LogP) is 8.38. The summed E-state index contributed by atoms with van der Waals surface area (Å²) in [7, 11) is 3.21. The first-order valence-electron chi connectivity index (χ1n) is 13.5. The van der Waals surface area contributed by atoms with E-state index in [0.717, 1.165) is 16.6 Å². The van der Waals surface area contributed by atoms with Crippen molar-refractivity contribution in [3.05, 3.63) is 89.4 Å². The quantitative estimate of drug-likeness (QED) is 0.224. The number of hydrogen-bond donors (Lipinski definition) is 0. The molecule has 3 aromatic heterocycles. The second kappa shape index (κ2) is 15.6. The first kappa shape index (κ1) is 31.4. The SMILES string of the molecule is CC(C)c1ccc2cccnc2c1.CCC(=O)c1cncc(C(C)C)c1.COc1cc(C(C)C)cc(OC)n1. The molecule has 6 heteroatoms. The molecular weight excluding hydrogens is 486 g/mol. The molecule has 1 aromatic carbocycles. The van der Waals surface area contributed by atoms with Crippen molar-refractivity contribution in [1.82, 2.24) is 15.0 Å². The number of carbonyl (C=O) groups excluding carboxylic acids is 1. The van der Waals surface area contributed by atoms with Crippen molar-refractivity contribution in [1.29, 1.82) is 0 Å².